The van der Waals surface area contributed by atoms with Crippen molar-refractivity contribution in [2.75, 3.05) is 23.0 Å². The van der Waals surface area contributed by atoms with Gasteiger partial charge in [-0.3, -0.25) is 8.42 Å². The lowest BCUT2D eigenvalue weighted by Crippen LogP contribution is -2.23. The summed E-state index contributed by atoms with van der Waals surface area (Å²) in [6, 6.07) is 0. The Hall–Kier alpha value is 0.220. The second-order valence-corrected chi connectivity index (χ2v) is 9.57. The molecule has 2 N–H and O–H groups in total. The largest absolute Gasteiger partial charge is 0.390 e. The molecule has 0 aliphatic heterocycles. The van der Waals surface area contributed by atoms with Crippen LogP contribution in [0.1, 0.15) is 47.0 Å². The Kier molecular flexibility index (Phi) is 8.59. The third-order valence-electron chi connectivity index (χ3n) is 2.63. The van der Waals surface area contributed by atoms with Gasteiger partial charge in [-0.15, -0.1) is 0 Å². The van der Waals surface area contributed by atoms with Gasteiger partial charge >= 0.3 is 0 Å². The van der Waals surface area contributed by atoms with Crippen LogP contribution in [0.2, 0.25) is 0 Å². The maximum atomic E-state index is 11.6. The summed E-state index contributed by atoms with van der Waals surface area (Å²) < 4.78 is 23.3. The van der Waals surface area contributed by atoms with Crippen LogP contribution in [0.4, 0.5) is 0 Å². The number of hydrogen-bond donors (Lipinski definition) is 2. The third kappa shape index (κ3) is 14.4. The van der Waals surface area contributed by atoms with E-state index in [9.17, 15) is 18.6 Å². The minimum atomic E-state index is -0.948. The van der Waals surface area contributed by atoms with Gasteiger partial charge in [-0.05, 0) is 47.0 Å². The highest BCUT2D eigenvalue weighted by atomic mass is 32.2. The molecule has 0 saturated carbocycles. The molecule has 19 heavy (non-hydrogen) atoms. The number of hydrogen-bond acceptors (Lipinski definition) is 4. The molecular weight excluding hydrogens is 284 g/mol. The van der Waals surface area contributed by atoms with E-state index < -0.39 is 32.8 Å². The van der Waals surface area contributed by atoms with Gasteiger partial charge in [0, 0.05) is 44.6 Å². The van der Waals surface area contributed by atoms with Crippen molar-refractivity contribution in [3.63, 3.8) is 0 Å². The molecule has 0 aliphatic carbocycles. The first-order valence-corrected chi connectivity index (χ1v) is 9.62. The highest BCUT2D eigenvalue weighted by molar-refractivity contribution is 7.85. The average molecular weight is 312 g/mol. The fraction of sp³-hybridized carbons (Fsp3) is 1.00. The molecule has 6 heteroatoms. The van der Waals surface area contributed by atoms with Crippen molar-refractivity contribution in [3.05, 3.63) is 0 Å². The summed E-state index contributed by atoms with van der Waals surface area (Å²) in [6.07, 6.45) is 1.69. The summed E-state index contributed by atoms with van der Waals surface area (Å²) >= 11 is 0. The van der Waals surface area contributed by atoms with E-state index in [1.54, 1.807) is 27.7 Å². The van der Waals surface area contributed by atoms with Crippen LogP contribution in [-0.4, -0.2) is 52.8 Å². The SMILES string of the molecule is CC(C)(O)CCS(=O)CCCS(=O)CCC(C)(C)O. The highest BCUT2D eigenvalue weighted by Crippen LogP contribution is 2.09. The van der Waals surface area contributed by atoms with Gasteiger partial charge in [-0.2, -0.15) is 0 Å². The van der Waals surface area contributed by atoms with Crippen molar-refractivity contribution in [2.24, 2.45) is 0 Å². The molecule has 0 heterocycles. The Morgan fingerprint density at radius 2 is 1.05 bits per heavy atom. The van der Waals surface area contributed by atoms with Gasteiger partial charge in [0.1, 0.15) is 0 Å². The quantitative estimate of drug-likeness (QED) is 0.635. The molecule has 116 valence electrons. The van der Waals surface area contributed by atoms with Crippen molar-refractivity contribution < 1.29 is 18.6 Å². The first-order chi connectivity index (χ1) is 8.49. The van der Waals surface area contributed by atoms with E-state index in [0.29, 0.717) is 42.3 Å². The lowest BCUT2D eigenvalue weighted by atomic mass is 10.1. The van der Waals surface area contributed by atoms with Crippen molar-refractivity contribution in [2.45, 2.75) is 58.2 Å². The smallest absolute Gasteiger partial charge is 0.0600 e. The zero-order valence-electron chi connectivity index (χ0n) is 12.5. The summed E-state index contributed by atoms with van der Waals surface area (Å²) in [5.74, 6) is 2.04. The molecular formula is C13H28O4S2. The van der Waals surface area contributed by atoms with Crippen LogP contribution in [-0.2, 0) is 21.6 Å². The van der Waals surface area contributed by atoms with Gasteiger partial charge in [0.05, 0.1) is 11.2 Å². The van der Waals surface area contributed by atoms with Gasteiger partial charge in [0.25, 0.3) is 0 Å². The molecule has 0 rings (SSSR count). The average Bonchev–Trinajstić information content (AvgIpc) is 2.22. The Bertz CT molecular complexity index is 273. The second-order valence-electron chi connectivity index (χ2n) is 6.17. The molecule has 0 saturated heterocycles. The number of aliphatic hydroxyl groups is 2. The minimum absolute atomic E-state index is 0.486. The molecule has 0 aromatic heterocycles. The number of rotatable bonds is 10. The van der Waals surface area contributed by atoms with Crippen molar-refractivity contribution in [1.82, 2.24) is 0 Å². The fourth-order valence-electron chi connectivity index (χ4n) is 1.31. The van der Waals surface area contributed by atoms with Gasteiger partial charge in [-0.25, -0.2) is 0 Å². The predicted molar refractivity (Wildman–Crippen MR) is 82.2 cm³/mol. The van der Waals surface area contributed by atoms with Crippen molar-refractivity contribution in [1.29, 1.82) is 0 Å². The lowest BCUT2D eigenvalue weighted by molar-refractivity contribution is 0.0769. The topological polar surface area (TPSA) is 74.6 Å². The van der Waals surface area contributed by atoms with Crippen LogP contribution in [0.5, 0.6) is 0 Å². The summed E-state index contributed by atoms with van der Waals surface area (Å²) in [5.41, 5.74) is -1.55. The zero-order chi connectivity index (χ0) is 15.1. The molecule has 0 radical (unpaired) electrons. The van der Waals surface area contributed by atoms with E-state index >= 15 is 0 Å². The van der Waals surface area contributed by atoms with Crippen LogP contribution >= 0.6 is 0 Å². The summed E-state index contributed by atoms with van der Waals surface area (Å²) in [7, 11) is -1.90. The van der Waals surface area contributed by atoms with Gasteiger partial charge in [0.15, 0.2) is 0 Å². The molecule has 0 aliphatic rings. The third-order valence-corrected chi connectivity index (χ3v) is 5.43. The zero-order valence-corrected chi connectivity index (χ0v) is 14.1. The standard InChI is InChI=1S/C13H28O4S2/c1-12(2,14)6-10-18(16)8-5-9-19(17)11-7-13(3,4)15/h14-15H,5-11H2,1-4H3. The maximum Gasteiger partial charge on any atom is 0.0600 e. The molecule has 0 bridgehead atoms. The van der Waals surface area contributed by atoms with E-state index in [0.717, 1.165) is 0 Å². The molecule has 0 fully saturated rings. The van der Waals surface area contributed by atoms with Crippen molar-refractivity contribution in [3.8, 4) is 0 Å². The summed E-state index contributed by atoms with van der Waals surface area (Å²) in [6.45, 7) is 6.82. The van der Waals surface area contributed by atoms with Gasteiger partial charge < -0.3 is 10.2 Å². The molecule has 0 amide bonds. The summed E-state index contributed by atoms with van der Waals surface area (Å²) in [4.78, 5) is 0. The Morgan fingerprint density at radius 1 is 0.737 bits per heavy atom. The monoisotopic (exact) mass is 312 g/mol. The fourth-order valence-corrected chi connectivity index (χ4v) is 4.29. The Morgan fingerprint density at radius 3 is 1.32 bits per heavy atom. The van der Waals surface area contributed by atoms with E-state index in [2.05, 4.69) is 0 Å². The van der Waals surface area contributed by atoms with Crippen LogP contribution < -0.4 is 0 Å². The van der Waals surface area contributed by atoms with E-state index in [4.69, 9.17) is 0 Å². The predicted octanol–water partition coefficient (Wildman–Crippen LogP) is 1.20. The normalized spacial score (nSPS) is 16.3. The molecule has 0 aromatic carbocycles. The molecule has 2 atom stereocenters. The minimum Gasteiger partial charge on any atom is -0.390 e. The first-order valence-electron chi connectivity index (χ1n) is 6.64. The first kappa shape index (κ1) is 19.2. The van der Waals surface area contributed by atoms with E-state index in [-0.39, 0.29) is 0 Å². The molecule has 2 unspecified atom stereocenters. The van der Waals surface area contributed by atoms with Crippen LogP contribution in [0.25, 0.3) is 0 Å². The van der Waals surface area contributed by atoms with E-state index in [1.807, 2.05) is 0 Å². The molecule has 0 spiro atoms. The lowest BCUT2D eigenvalue weighted by Gasteiger charge is -2.16. The molecule has 4 nitrogen and oxygen atoms in total. The van der Waals surface area contributed by atoms with Crippen LogP contribution in [0, 0.1) is 0 Å². The second kappa shape index (κ2) is 8.49. The van der Waals surface area contributed by atoms with Gasteiger partial charge in [-0.1, -0.05) is 0 Å². The Labute approximate surface area is 121 Å². The Balaban J connectivity index is 3.68. The van der Waals surface area contributed by atoms with Crippen LogP contribution in [0.15, 0.2) is 0 Å². The molecule has 0 aromatic rings. The van der Waals surface area contributed by atoms with Crippen LogP contribution in [0.3, 0.4) is 0 Å². The highest BCUT2D eigenvalue weighted by Gasteiger charge is 2.15. The van der Waals surface area contributed by atoms with E-state index in [1.165, 1.54) is 0 Å². The maximum absolute atomic E-state index is 11.6. The van der Waals surface area contributed by atoms with Crippen molar-refractivity contribution >= 4 is 21.6 Å². The van der Waals surface area contributed by atoms with Gasteiger partial charge in [0.2, 0.25) is 0 Å². The summed E-state index contributed by atoms with van der Waals surface area (Å²) in [5, 5.41) is 19.0.